The number of aryl methyl sites for hydroxylation is 1. The zero-order valence-electron chi connectivity index (χ0n) is 19.0. The highest BCUT2D eigenvalue weighted by Crippen LogP contribution is 2.38. The van der Waals surface area contributed by atoms with E-state index < -0.39 is 0 Å². The second kappa shape index (κ2) is 11.2. The fourth-order valence-electron chi connectivity index (χ4n) is 3.87. The summed E-state index contributed by atoms with van der Waals surface area (Å²) in [5, 5.41) is 9.43. The van der Waals surface area contributed by atoms with Crippen molar-refractivity contribution in [3.63, 3.8) is 0 Å². The first-order valence-electron chi connectivity index (χ1n) is 11.3. The molecule has 0 heterocycles. The van der Waals surface area contributed by atoms with Gasteiger partial charge in [-0.2, -0.15) is 0 Å². The van der Waals surface area contributed by atoms with E-state index in [1.54, 1.807) is 30.3 Å². The molecule has 0 atom stereocenters. The smallest absolute Gasteiger partial charge is 0.143 e. The number of halogens is 1. The molecule has 32 heavy (non-hydrogen) atoms. The summed E-state index contributed by atoms with van der Waals surface area (Å²) in [7, 11) is 0. The molecule has 0 radical (unpaired) electrons. The number of benzene rings is 3. The Morgan fingerprint density at radius 1 is 0.719 bits per heavy atom. The van der Waals surface area contributed by atoms with Crippen LogP contribution in [0.2, 0.25) is 0 Å². The molecule has 0 bridgehead atoms. The minimum atomic E-state index is -0.237. The van der Waals surface area contributed by atoms with Gasteiger partial charge in [-0.05, 0) is 74.2 Å². The molecule has 1 nitrogen and oxygen atoms in total. The van der Waals surface area contributed by atoms with Gasteiger partial charge in [-0.1, -0.05) is 68.1 Å². The van der Waals surface area contributed by atoms with E-state index in [0.29, 0.717) is 11.1 Å². The van der Waals surface area contributed by atoms with E-state index in [2.05, 4.69) is 23.7 Å². The minimum Gasteiger partial charge on any atom is -0.508 e. The number of rotatable bonds is 1. The lowest BCUT2D eigenvalue weighted by Crippen LogP contribution is -2.03. The predicted octanol–water partition coefficient (Wildman–Crippen LogP) is 7.32. The van der Waals surface area contributed by atoms with Crippen LogP contribution in [0.4, 0.5) is 4.39 Å². The highest BCUT2D eigenvalue weighted by atomic mass is 19.1. The Morgan fingerprint density at radius 3 is 1.81 bits per heavy atom. The van der Waals surface area contributed by atoms with E-state index in [4.69, 9.17) is 0 Å². The zero-order chi connectivity index (χ0) is 22.9. The average Bonchev–Trinajstić information content (AvgIpc) is 3.35. The fourth-order valence-corrected chi connectivity index (χ4v) is 3.87. The number of phenolic OH excluding ortho intramolecular Hbond substituents is 1. The number of phenols is 1. The maximum Gasteiger partial charge on any atom is 0.143 e. The predicted molar refractivity (Wildman–Crippen MR) is 130 cm³/mol. The van der Waals surface area contributed by atoms with Crippen molar-refractivity contribution in [2.24, 2.45) is 0 Å². The lowest BCUT2D eigenvalue weighted by molar-refractivity contribution is 0.475. The summed E-state index contributed by atoms with van der Waals surface area (Å²) in [6, 6.07) is 18.3. The lowest BCUT2D eigenvalue weighted by Gasteiger charge is -2.14. The third-order valence-electron chi connectivity index (χ3n) is 5.55. The number of aromatic hydroxyl groups is 1. The molecule has 3 aromatic carbocycles. The van der Waals surface area contributed by atoms with E-state index in [-0.39, 0.29) is 17.5 Å². The van der Waals surface area contributed by atoms with Gasteiger partial charge in [0.25, 0.3) is 0 Å². The molecular formula is C30H29FO. The Kier molecular flexibility index (Phi) is 8.13. The van der Waals surface area contributed by atoms with Crippen LogP contribution in [0.5, 0.6) is 5.75 Å². The highest BCUT2D eigenvalue weighted by molar-refractivity contribution is 5.54. The molecule has 162 valence electrons. The van der Waals surface area contributed by atoms with E-state index >= 15 is 4.39 Å². The van der Waals surface area contributed by atoms with Gasteiger partial charge in [0, 0.05) is 22.3 Å². The van der Waals surface area contributed by atoms with Gasteiger partial charge in [-0.15, -0.1) is 0 Å². The van der Waals surface area contributed by atoms with Gasteiger partial charge in [0.05, 0.1) is 5.56 Å². The van der Waals surface area contributed by atoms with Crippen LogP contribution in [0.3, 0.4) is 0 Å². The van der Waals surface area contributed by atoms with E-state index in [0.717, 1.165) is 42.4 Å². The van der Waals surface area contributed by atoms with Crippen LogP contribution in [-0.4, -0.2) is 5.11 Å². The molecule has 4 rings (SSSR count). The van der Waals surface area contributed by atoms with Gasteiger partial charge in [-0.25, -0.2) is 4.39 Å². The molecule has 1 aliphatic carbocycles. The average molecular weight is 425 g/mol. The van der Waals surface area contributed by atoms with Crippen LogP contribution in [0.15, 0.2) is 60.7 Å². The van der Waals surface area contributed by atoms with Crippen LogP contribution in [-0.2, 0) is 0 Å². The molecule has 0 unspecified atom stereocenters. The Labute approximate surface area is 191 Å². The van der Waals surface area contributed by atoms with Gasteiger partial charge < -0.3 is 5.11 Å². The second-order valence-electron chi connectivity index (χ2n) is 7.78. The minimum absolute atomic E-state index is 0.190. The second-order valence-corrected chi connectivity index (χ2v) is 7.78. The molecule has 3 aromatic rings. The van der Waals surface area contributed by atoms with E-state index in [1.807, 2.05) is 51.1 Å². The first-order chi connectivity index (χ1) is 15.6. The summed E-state index contributed by atoms with van der Waals surface area (Å²) in [6.07, 6.45) is 4.21. The largest absolute Gasteiger partial charge is 0.508 e. The number of hydrogen-bond acceptors (Lipinski definition) is 1. The molecule has 0 saturated heterocycles. The van der Waals surface area contributed by atoms with Crippen molar-refractivity contribution in [1.82, 2.24) is 0 Å². The van der Waals surface area contributed by atoms with Crippen LogP contribution in [0, 0.1) is 36.4 Å². The topological polar surface area (TPSA) is 20.2 Å². The Bertz CT molecular complexity index is 1160. The van der Waals surface area contributed by atoms with Crippen molar-refractivity contribution in [2.75, 3.05) is 0 Å². The standard InChI is InChI=1S/C28H23FO.C2H6/c1-20-6-8-21(9-7-20)11-15-25-17-16-24(14-10-22-12-18-26(30)19-13-22)27(28(25)29)23-4-2-3-5-23;1-2/h6-9,12-13,16-19,23,30H,2-5H2,1H3;1-2H3. The monoisotopic (exact) mass is 424 g/mol. The molecule has 1 N–H and O–H groups in total. The quantitative estimate of drug-likeness (QED) is 0.406. The normalized spacial score (nSPS) is 12.6. The summed E-state index contributed by atoms with van der Waals surface area (Å²) in [4.78, 5) is 0. The Hall–Kier alpha value is -3.49. The summed E-state index contributed by atoms with van der Waals surface area (Å²) < 4.78 is 15.5. The van der Waals surface area contributed by atoms with Crippen molar-refractivity contribution in [3.8, 4) is 29.4 Å². The lowest BCUT2D eigenvalue weighted by atomic mass is 9.90. The highest BCUT2D eigenvalue weighted by Gasteiger charge is 2.24. The van der Waals surface area contributed by atoms with Gasteiger partial charge in [-0.3, -0.25) is 0 Å². The molecule has 0 aromatic heterocycles. The van der Waals surface area contributed by atoms with Crippen LogP contribution < -0.4 is 0 Å². The summed E-state index contributed by atoms with van der Waals surface area (Å²) in [6.45, 7) is 6.03. The van der Waals surface area contributed by atoms with Crippen LogP contribution in [0.1, 0.15) is 78.8 Å². The van der Waals surface area contributed by atoms with Gasteiger partial charge in [0.1, 0.15) is 11.6 Å². The summed E-state index contributed by atoms with van der Waals surface area (Å²) in [5.74, 6) is 12.5. The van der Waals surface area contributed by atoms with Crippen LogP contribution >= 0.6 is 0 Å². The van der Waals surface area contributed by atoms with Crippen molar-refractivity contribution in [3.05, 3.63) is 99.9 Å². The van der Waals surface area contributed by atoms with E-state index in [1.165, 1.54) is 5.56 Å². The summed E-state index contributed by atoms with van der Waals surface area (Å²) in [5.41, 5.74) is 4.69. The molecule has 0 spiro atoms. The van der Waals surface area contributed by atoms with Gasteiger partial charge >= 0.3 is 0 Å². The molecule has 1 aliphatic rings. The SMILES string of the molecule is CC.Cc1ccc(C#Cc2ccc(C#Cc3ccc(O)cc3)c(C3CCCC3)c2F)cc1. The van der Waals surface area contributed by atoms with E-state index in [9.17, 15) is 5.11 Å². The molecule has 1 fully saturated rings. The van der Waals surface area contributed by atoms with Crippen molar-refractivity contribution in [1.29, 1.82) is 0 Å². The fraction of sp³-hybridized carbons (Fsp3) is 0.267. The molecular weight excluding hydrogens is 395 g/mol. The Morgan fingerprint density at radius 2 is 1.22 bits per heavy atom. The van der Waals surface area contributed by atoms with Gasteiger partial charge in [0.2, 0.25) is 0 Å². The third kappa shape index (κ3) is 5.81. The van der Waals surface area contributed by atoms with Crippen LogP contribution in [0.25, 0.3) is 0 Å². The number of hydrogen-bond donors (Lipinski definition) is 1. The van der Waals surface area contributed by atoms with Gasteiger partial charge in [0.15, 0.2) is 0 Å². The molecule has 0 aliphatic heterocycles. The third-order valence-corrected chi connectivity index (χ3v) is 5.55. The van der Waals surface area contributed by atoms with Crippen molar-refractivity contribution in [2.45, 2.75) is 52.4 Å². The first-order valence-corrected chi connectivity index (χ1v) is 11.3. The zero-order valence-corrected chi connectivity index (χ0v) is 19.0. The first kappa shape index (κ1) is 23.2. The summed E-state index contributed by atoms with van der Waals surface area (Å²) >= 11 is 0. The maximum atomic E-state index is 15.5. The van der Waals surface area contributed by atoms with Crippen molar-refractivity contribution < 1.29 is 9.50 Å². The van der Waals surface area contributed by atoms with Crippen molar-refractivity contribution >= 4 is 0 Å². The molecule has 2 heteroatoms. The maximum absolute atomic E-state index is 15.5. The molecule has 0 amide bonds. The molecule has 1 saturated carbocycles. The Balaban J connectivity index is 0.00000141.